The Balaban J connectivity index is 2.12. The fraction of sp³-hybridized carbons (Fsp3) is 0.889. The topological polar surface area (TPSA) is 55.1 Å². The van der Waals surface area contributed by atoms with Crippen LogP contribution in [-0.4, -0.2) is 18.0 Å². The van der Waals surface area contributed by atoms with Crippen molar-refractivity contribution in [1.29, 1.82) is 0 Å². The fourth-order valence-electron chi connectivity index (χ4n) is 1.11. The molecule has 70 valence electrons. The summed E-state index contributed by atoms with van der Waals surface area (Å²) in [6, 6.07) is 0.479. The monoisotopic (exact) mass is 170 g/mol. The van der Waals surface area contributed by atoms with Crippen LogP contribution in [0.4, 0.5) is 0 Å². The molecule has 1 saturated carbocycles. The Morgan fingerprint density at radius 2 is 2.33 bits per heavy atom. The molecule has 0 aromatic rings. The lowest BCUT2D eigenvalue weighted by atomic mass is 10.1. The number of hydrogen-bond donors (Lipinski definition) is 2. The van der Waals surface area contributed by atoms with Gasteiger partial charge in [0.1, 0.15) is 0 Å². The van der Waals surface area contributed by atoms with E-state index in [0.717, 1.165) is 12.8 Å². The Morgan fingerprint density at radius 3 is 2.75 bits per heavy atom. The van der Waals surface area contributed by atoms with E-state index in [1.165, 1.54) is 0 Å². The lowest BCUT2D eigenvalue weighted by Gasteiger charge is -2.08. The highest BCUT2D eigenvalue weighted by atomic mass is 16.1. The first kappa shape index (κ1) is 9.52. The quantitative estimate of drug-likeness (QED) is 0.650. The summed E-state index contributed by atoms with van der Waals surface area (Å²) < 4.78 is 0. The molecule has 0 aromatic carbocycles. The van der Waals surface area contributed by atoms with Gasteiger partial charge in [0.2, 0.25) is 5.91 Å². The van der Waals surface area contributed by atoms with Crippen LogP contribution in [-0.2, 0) is 4.79 Å². The van der Waals surface area contributed by atoms with Crippen LogP contribution in [0.2, 0.25) is 0 Å². The molecule has 1 aliphatic carbocycles. The van der Waals surface area contributed by atoms with Gasteiger partial charge in [0.05, 0.1) is 0 Å². The molecule has 1 aliphatic rings. The first-order valence-electron chi connectivity index (χ1n) is 4.68. The zero-order valence-electron chi connectivity index (χ0n) is 7.84. The molecular weight excluding hydrogens is 152 g/mol. The molecule has 3 unspecified atom stereocenters. The van der Waals surface area contributed by atoms with Crippen LogP contribution in [0.5, 0.6) is 0 Å². The lowest BCUT2D eigenvalue weighted by Crippen LogP contribution is -2.30. The summed E-state index contributed by atoms with van der Waals surface area (Å²) in [4.78, 5) is 11.2. The highest BCUT2D eigenvalue weighted by molar-refractivity contribution is 5.76. The van der Waals surface area contributed by atoms with E-state index >= 15 is 0 Å². The summed E-state index contributed by atoms with van der Waals surface area (Å²) >= 11 is 0. The summed E-state index contributed by atoms with van der Waals surface area (Å²) in [5.41, 5.74) is 5.56. The van der Waals surface area contributed by atoms with Crippen molar-refractivity contribution in [3.63, 3.8) is 0 Å². The molecule has 0 bridgehead atoms. The minimum atomic E-state index is 0.155. The van der Waals surface area contributed by atoms with Crippen LogP contribution >= 0.6 is 0 Å². The first-order valence-corrected chi connectivity index (χ1v) is 4.68. The van der Waals surface area contributed by atoms with Crippen molar-refractivity contribution in [2.75, 3.05) is 0 Å². The molecule has 0 aliphatic heterocycles. The van der Waals surface area contributed by atoms with Crippen molar-refractivity contribution in [3.8, 4) is 0 Å². The molecule has 0 heterocycles. The molecule has 0 aromatic heterocycles. The summed E-state index contributed by atoms with van der Waals surface area (Å²) in [6.07, 6.45) is 2.65. The molecule has 3 N–H and O–H groups in total. The van der Waals surface area contributed by atoms with E-state index in [2.05, 4.69) is 19.2 Å². The van der Waals surface area contributed by atoms with Crippen molar-refractivity contribution >= 4 is 5.91 Å². The molecule has 0 spiro atoms. The lowest BCUT2D eigenvalue weighted by molar-refractivity contribution is -0.122. The highest BCUT2D eigenvalue weighted by Crippen LogP contribution is 2.18. The normalized spacial score (nSPS) is 29.6. The Bertz CT molecular complexity index is 162. The van der Waals surface area contributed by atoms with Crippen LogP contribution in [0, 0.1) is 5.92 Å². The average molecular weight is 170 g/mol. The van der Waals surface area contributed by atoms with Gasteiger partial charge in [-0.1, -0.05) is 20.3 Å². The largest absolute Gasteiger partial charge is 0.352 e. The Hall–Kier alpha value is -0.570. The van der Waals surface area contributed by atoms with Crippen LogP contribution in [0.3, 0.4) is 0 Å². The van der Waals surface area contributed by atoms with Gasteiger partial charge in [-0.15, -0.1) is 0 Å². The second-order valence-corrected chi connectivity index (χ2v) is 3.79. The summed E-state index contributed by atoms with van der Waals surface area (Å²) in [5, 5.41) is 2.90. The van der Waals surface area contributed by atoms with Gasteiger partial charge in [-0.3, -0.25) is 4.79 Å². The molecule has 1 amide bonds. The number of nitrogens with two attached hydrogens (primary N) is 1. The van der Waals surface area contributed by atoms with E-state index in [1.807, 2.05) is 0 Å². The zero-order valence-corrected chi connectivity index (χ0v) is 7.84. The van der Waals surface area contributed by atoms with Gasteiger partial charge in [-0.2, -0.15) is 0 Å². The van der Waals surface area contributed by atoms with Gasteiger partial charge in [0.25, 0.3) is 0 Å². The Kier molecular flexibility index (Phi) is 3.09. The number of carbonyl (C=O) groups is 1. The van der Waals surface area contributed by atoms with E-state index < -0.39 is 0 Å². The molecule has 3 atom stereocenters. The van der Waals surface area contributed by atoms with E-state index in [9.17, 15) is 4.79 Å². The van der Waals surface area contributed by atoms with Gasteiger partial charge in [-0.25, -0.2) is 0 Å². The number of amides is 1. The Morgan fingerprint density at radius 1 is 1.75 bits per heavy atom. The maximum Gasteiger partial charge on any atom is 0.220 e. The van der Waals surface area contributed by atoms with E-state index in [4.69, 9.17) is 5.73 Å². The number of carbonyl (C=O) groups excluding carboxylic acids is 1. The summed E-state index contributed by atoms with van der Waals surface area (Å²) in [5.74, 6) is 0.641. The second-order valence-electron chi connectivity index (χ2n) is 3.79. The minimum absolute atomic E-state index is 0.155. The minimum Gasteiger partial charge on any atom is -0.352 e. The van der Waals surface area contributed by atoms with Crippen LogP contribution < -0.4 is 11.1 Å². The SMILES string of the molecule is CCC(C)CC(=O)NC1CC1N. The standard InChI is InChI=1S/C9H18N2O/c1-3-6(2)4-9(12)11-8-5-7(8)10/h6-8H,3-5,10H2,1-2H3,(H,11,12). The fourth-order valence-corrected chi connectivity index (χ4v) is 1.11. The van der Waals surface area contributed by atoms with Crippen LogP contribution in [0.1, 0.15) is 33.1 Å². The summed E-state index contributed by atoms with van der Waals surface area (Å²) in [6.45, 7) is 4.19. The average Bonchev–Trinajstić information content (AvgIpc) is 2.66. The third-order valence-electron chi connectivity index (χ3n) is 2.42. The molecule has 3 heteroatoms. The van der Waals surface area contributed by atoms with Crippen LogP contribution in [0.15, 0.2) is 0 Å². The maximum atomic E-state index is 11.2. The predicted octanol–water partition coefficient (Wildman–Crippen LogP) is 0.638. The van der Waals surface area contributed by atoms with Crippen LogP contribution in [0.25, 0.3) is 0 Å². The van der Waals surface area contributed by atoms with Crippen molar-refractivity contribution in [2.45, 2.75) is 45.2 Å². The first-order chi connectivity index (χ1) is 5.63. The molecular formula is C9H18N2O. The van der Waals surface area contributed by atoms with Crippen molar-refractivity contribution in [2.24, 2.45) is 11.7 Å². The van der Waals surface area contributed by atoms with Crippen molar-refractivity contribution in [1.82, 2.24) is 5.32 Å². The number of nitrogens with one attached hydrogen (secondary N) is 1. The molecule has 12 heavy (non-hydrogen) atoms. The molecule has 1 fully saturated rings. The van der Waals surface area contributed by atoms with E-state index in [-0.39, 0.29) is 18.0 Å². The Labute approximate surface area is 73.7 Å². The molecule has 1 rings (SSSR count). The molecule has 3 nitrogen and oxygen atoms in total. The smallest absolute Gasteiger partial charge is 0.220 e. The van der Waals surface area contributed by atoms with Gasteiger partial charge in [0.15, 0.2) is 0 Å². The number of rotatable bonds is 4. The zero-order chi connectivity index (χ0) is 9.14. The highest BCUT2D eigenvalue weighted by Gasteiger charge is 2.34. The predicted molar refractivity (Wildman–Crippen MR) is 48.6 cm³/mol. The molecule has 0 saturated heterocycles. The molecule has 0 radical (unpaired) electrons. The third kappa shape index (κ3) is 2.81. The van der Waals surface area contributed by atoms with Crippen molar-refractivity contribution < 1.29 is 4.79 Å². The van der Waals surface area contributed by atoms with Gasteiger partial charge < -0.3 is 11.1 Å². The van der Waals surface area contributed by atoms with Crippen molar-refractivity contribution in [3.05, 3.63) is 0 Å². The van der Waals surface area contributed by atoms with Gasteiger partial charge >= 0.3 is 0 Å². The maximum absolute atomic E-state index is 11.2. The summed E-state index contributed by atoms with van der Waals surface area (Å²) in [7, 11) is 0. The number of hydrogen-bond acceptors (Lipinski definition) is 2. The second kappa shape index (κ2) is 3.90. The van der Waals surface area contributed by atoms with E-state index in [1.54, 1.807) is 0 Å². The van der Waals surface area contributed by atoms with E-state index in [0.29, 0.717) is 12.3 Å². The van der Waals surface area contributed by atoms with Gasteiger partial charge in [-0.05, 0) is 12.3 Å². The van der Waals surface area contributed by atoms with Gasteiger partial charge in [0, 0.05) is 18.5 Å². The third-order valence-corrected chi connectivity index (χ3v) is 2.42.